The molecule has 0 saturated heterocycles. The summed E-state index contributed by atoms with van der Waals surface area (Å²) in [6.07, 6.45) is -9.25. The summed E-state index contributed by atoms with van der Waals surface area (Å²) < 4.78 is 74.4. The Bertz CT molecular complexity index is 647. The number of carbonyl (C=O) groups is 2. The Morgan fingerprint density at radius 3 is 1.33 bits per heavy atom. The largest absolute Gasteiger partial charge is 0.398 e. The van der Waals surface area contributed by atoms with E-state index in [1.165, 1.54) is 24.3 Å². The predicted octanol–water partition coefficient (Wildman–Crippen LogP) is 4.87. The highest BCUT2D eigenvalue weighted by Crippen LogP contribution is 2.41. The molecule has 24 heavy (non-hydrogen) atoms. The van der Waals surface area contributed by atoms with E-state index in [2.05, 4.69) is 0 Å². The summed E-state index contributed by atoms with van der Waals surface area (Å²) in [7, 11) is 0. The molecule has 2 nitrogen and oxygen atoms in total. The van der Waals surface area contributed by atoms with Gasteiger partial charge in [0.2, 0.25) is 11.6 Å². The van der Waals surface area contributed by atoms with Gasteiger partial charge in [0.15, 0.2) is 0 Å². The van der Waals surface area contributed by atoms with Crippen LogP contribution in [0.1, 0.15) is 20.7 Å². The number of rotatable bonds is 4. The van der Waals surface area contributed by atoms with Crippen molar-refractivity contribution < 1.29 is 35.9 Å². The number of hydrogen-bond donors (Lipinski definition) is 0. The quantitative estimate of drug-likeness (QED) is 0.692. The molecule has 0 saturated carbocycles. The van der Waals surface area contributed by atoms with Crippen LogP contribution in [-0.4, -0.2) is 35.4 Å². The normalized spacial score (nSPS) is 15.8. The molecule has 0 unspecified atom stereocenters. The van der Waals surface area contributed by atoms with E-state index >= 15 is 0 Å². The molecule has 1 aromatic rings. The average molecular weight is 386 g/mol. The lowest BCUT2D eigenvalue weighted by atomic mass is 9.94. The fourth-order valence-corrected chi connectivity index (χ4v) is 3.80. The number of hydrogen-bond acceptors (Lipinski definition) is 4. The van der Waals surface area contributed by atoms with Crippen molar-refractivity contribution in [2.24, 2.45) is 0 Å². The Morgan fingerprint density at radius 2 is 1.04 bits per heavy atom. The van der Waals surface area contributed by atoms with Gasteiger partial charge in [-0.05, 0) is 0 Å². The lowest BCUT2D eigenvalue weighted by Crippen LogP contribution is -2.22. The third-order valence-electron chi connectivity index (χ3n) is 2.80. The molecule has 0 radical (unpaired) electrons. The first-order valence-corrected chi connectivity index (χ1v) is 8.28. The molecule has 0 atom stereocenters. The van der Waals surface area contributed by atoms with E-state index in [4.69, 9.17) is 0 Å². The third-order valence-corrected chi connectivity index (χ3v) is 5.22. The van der Waals surface area contributed by atoms with Crippen molar-refractivity contribution in [2.75, 3.05) is 11.5 Å². The molecule has 130 valence electrons. The summed E-state index contributed by atoms with van der Waals surface area (Å²) in [5.41, 5.74) is -0.216. The second kappa shape index (κ2) is 6.83. The van der Waals surface area contributed by atoms with Crippen LogP contribution in [0.15, 0.2) is 34.1 Å². The maximum absolute atomic E-state index is 12.4. The van der Waals surface area contributed by atoms with Crippen LogP contribution >= 0.6 is 23.5 Å². The van der Waals surface area contributed by atoms with Crippen molar-refractivity contribution in [2.45, 2.75) is 12.4 Å². The number of benzene rings is 1. The van der Waals surface area contributed by atoms with Gasteiger partial charge in [0.05, 0.1) is 21.3 Å². The zero-order chi connectivity index (χ0) is 18.1. The molecule has 0 aromatic heterocycles. The third kappa shape index (κ3) is 4.56. The van der Waals surface area contributed by atoms with Gasteiger partial charge in [-0.3, -0.25) is 9.59 Å². The van der Waals surface area contributed by atoms with E-state index in [1.54, 1.807) is 0 Å². The summed E-state index contributed by atoms with van der Waals surface area (Å²) >= 11 is 0.0690. The molecule has 0 bridgehead atoms. The van der Waals surface area contributed by atoms with Crippen LogP contribution in [0.25, 0.3) is 0 Å². The zero-order valence-electron chi connectivity index (χ0n) is 11.6. The fourth-order valence-electron chi connectivity index (χ4n) is 1.90. The Kier molecular flexibility index (Phi) is 5.38. The molecule has 0 fully saturated rings. The van der Waals surface area contributed by atoms with E-state index < -0.39 is 45.2 Å². The van der Waals surface area contributed by atoms with Crippen LogP contribution in [-0.2, 0) is 0 Å². The van der Waals surface area contributed by atoms with Crippen molar-refractivity contribution >= 4 is 35.1 Å². The molecule has 0 N–H and O–H groups in total. The fraction of sp³-hybridized carbons (Fsp3) is 0.286. The van der Waals surface area contributed by atoms with Gasteiger partial charge in [-0.25, -0.2) is 0 Å². The highest BCUT2D eigenvalue weighted by molar-refractivity contribution is 8.08. The molecule has 1 aliphatic carbocycles. The first kappa shape index (κ1) is 18.9. The van der Waals surface area contributed by atoms with Gasteiger partial charge < -0.3 is 0 Å². The van der Waals surface area contributed by atoms with Gasteiger partial charge in [-0.15, -0.1) is 23.5 Å². The van der Waals surface area contributed by atoms with Crippen molar-refractivity contribution in [3.63, 3.8) is 0 Å². The number of fused-ring (bicyclic) bond motifs is 1. The van der Waals surface area contributed by atoms with Crippen molar-refractivity contribution in [1.82, 2.24) is 0 Å². The second-order valence-corrected chi connectivity index (χ2v) is 6.64. The number of carbonyl (C=O) groups excluding carboxylic acids is 2. The second-order valence-electron chi connectivity index (χ2n) is 4.67. The van der Waals surface area contributed by atoms with E-state index in [-0.39, 0.29) is 34.7 Å². The number of alkyl halides is 6. The lowest BCUT2D eigenvalue weighted by Gasteiger charge is -2.21. The molecule has 0 heterocycles. The summed E-state index contributed by atoms with van der Waals surface area (Å²) in [6, 6.07) is 5.36. The van der Waals surface area contributed by atoms with Gasteiger partial charge >= 0.3 is 12.4 Å². The maximum atomic E-state index is 12.4. The molecular weight excluding hydrogens is 378 g/mol. The lowest BCUT2D eigenvalue weighted by molar-refractivity contribution is -0.106. The van der Waals surface area contributed by atoms with Crippen LogP contribution < -0.4 is 0 Å². The Balaban J connectivity index is 2.42. The minimum atomic E-state index is -4.63. The van der Waals surface area contributed by atoms with Crippen LogP contribution in [0.2, 0.25) is 0 Å². The minimum absolute atomic E-state index is 0.0345. The summed E-state index contributed by atoms with van der Waals surface area (Å²) in [5, 5.41) is 0. The van der Waals surface area contributed by atoms with Gasteiger partial charge in [0.25, 0.3) is 0 Å². The Labute approximate surface area is 140 Å². The highest BCUT2D eigenvalue weighted by Gasteiger charge is 2.38. The standard InChI is InChI=1S/C14H8F6O2S2/c15-13(16,17)5-23-11-9(21)7-3-1-2-4-8(7)10(22)12(11)24-6-14(18,19)20/h1-4H,5-6H2. The Morgan fingerprint density at radius 1 is 0.708 bits per heavy atom. The summed E-state index contributed by atoms with van der Waals surface area (Å²) in [4.78, 5) is 23.5. The predicted molar refractivity (Wildman–Crippen MR) is 79.2 cm³/mol. The topological polar surface area (TPSA) is 34.1 Å². The monoisotopic (exact) mass is 386 g/mol. The summed E-state index contributed by atoms with van der Waals surface area (Å²) in [6.45, 7) is 0. The molecular formula is C14H8F6O2S2. The number of halogens is 6. The van der Waals surface area contributed by atoms with Crippen LogP contribution in [0, 0.1) is 0 Å². The molecule has 10 heteroatoms. The van der Waals surface area contributed by atoms with E-state index in [1.807, 2.05) is 0 Å². The van der Waals surface area contributed by atoms with Crippen molar-refractivity contribution in [3.05, 3.63) is 45.2 Å². The van der Waals surface area contributed by atoms with Crippen LogP contribution in [0.4, 0.5) is 26.3 Å². The maximum Gasteiger partial charge on any atom is 0.398 e. The van der Waals surface area contributed by atoms with Crippen molar-refractivity contribution in [3.8, 4) is 0 Å². The van der Waals surface area contributed by atoms with E-state index in [0.29, 0.717) is 0 Å². The van der Waals surface area contributed by atoms with Gasteiger partial charge in [0.1, 0.15) is 0 Å². The molecule has 1 aliphatic rings. The van der Waals surface area contributed by atoms with Crippen molar-refractivity contribution in [1.29, 1.82) is 0 Å². The molecule has 0 amide bonds. The van der Waals surface area contributed by atoms with Gasteiger partial charge in [0, 0.05) is 11.1 Å². The molecule has 0 aliphatic heterocycles. The summed E-state index contributed by atoms with van der Waals surface area (Å²) in [5.74, 6) is -4.69. The highest BCUT2D eigenvalue weighted by atomic mass is 32.2. The number of ketones is 2. The number of thioether (sulfide) groups is 2. The molecule has 2 rings (SSSR count). The van der Waals surface area contributed by atoms with E-state index in [9.17, 15) is 35.9 Å². The Hall–Kier alpha value is -1.42. The zero-order valence-corrected chi connectivity index (χ0v) is 13.3. The first-order chi connectivity index (χ1) is 11.0. The smallest absolute Gasteiger partial charge is 0.288 e. The number of Topliss-reactive ketones (excluding diaryl/α,β-unsaturated/α-hetero) is 2. The first-order valence-electron chi connectivity index (χ1n) is 6.31. The molecule has 0 spiro atoms. The van der Waals surface area contributed by atoms with Gasteiger partial charge in [-0.2, -0.15) is 26.3 Å². The average Bonchev–Trinajstić information content (AvgIpc) is 2.46. The van der Waals surface area contributed by atoms with Crippen LogP contribution in [0.5, 0.6) is 0 Å². The SMILES string of the molecule is O=C1C(SCC(F)(F)F)=C(SCC(F)(F)F)C(=O)c2ccccc21. The van der Waals surface area contributed by atoms with Gasteiger partial charge in [-0.1, -0.05) is 24.3 Å². The van der Waals surface area contributed by atoms with E-state index in [0.717, 1.165) is 0 Å². The van der Waals surface area contributed by atoms with Crippen LogP contribution in [0.3, 0.4) is 0 Å². The molecule has 1 aromatic carbocycles. The minimum Gasteiger partial charge on any atom is -0.288 e. The number of allylic oxidation sites excluding steroid dienone is 2.